The molecule has 11 heavy (non-hydrogen) atoms. The van der Waals surface area contributed by atoms with Gasteiger partial charge in [0.1, 0.15) is 0 Å². The van der Waals surface area contributed by atoms with Crippen LogP contribution in [-0.4, -0.2) is 12.5 Å². The summed E-state index contributed by atoms with van der Waals surface area (Å²) in [5.74, 6) is 0.986. The summed E-state index contributed by atoms with van der Waals surface area (Å²) in [6.45, 7) is 1.11. The quantitative estimate of drug-likeness (QED) is 0.394. The summed E-state index contributed by atoms with van der Waals surface area (Å²) in [5, 5.41) is 3.16. The van der Waals surface area contributed by atoms with Gasteiger partial charge < -0.3 is 5.32 Å². The second kappa shape index (κ2) is 5.84. The molecule has 66 valence electrons. The van der Waals surface area contributed by atoms with E-state index in [1.165, 1.54) is 38.5 Å². The Morgan fingerprint density at radius 3 is 2.55 bits per heavy atom. The highest BCUT2D eigenvalue weighted by atomic mass is 35.5. The lowest BCUT2D eigenvalue weighted by atomic mass is 9.87. The fourth-order valence-corrected chi connectivity index (χ4v) is 1.98. The van der Waals surface area contributed by atoms with Gasteiger partial charge in [0.2, 0.25) is 0 Å². The molecular formula is C9H18ClN. The molecule has 0 spiro atoms. The summed E-state index contributed by atoms with van der Waals surface area (Å²) in [6.07, 6.45) is 8.58. The van der Waals surface area contributed by atoms with Crippen molar-refractivity contribution in [2.45, 2.75) is 38.5 Å². The first-order chi connectivity index (χ1) is 5.43. The maximum atomic E-state index is 5.51. The van der Waals surface area contributed by atoms with Gasteiger partial charge >= 0.3 is 0 Å². The fourth-order valence-electron chi connectivity index (χ4n) is 1.85. The average Bonchev–Trinajstić information content (AvgIpc) is 2.07. The van der Waals surface area contributed by atoms with Crippen molar-refractivity contribution < 1.29 is 0 Å². The molecule has 2 heteroatoms. The number of nitrogens with one attached hydrogen (secondary N) is 1. The number of rotatable bonds is 4. The lowest BCUT2D eigenvalue weighted by Crippen LogP contribution is -2.17. The Labute approximate surface area is 74.5 Å². The van der Waals surface area contributed by atoms with Gasteiger partial charge in [0.25, 0.3) is 0 Å². The van der Waals surface area contributed by atoms with E-state index < -0.39 is 0 Å². The number of hydrogen-bond donors (Lipinski definition) is 1. The highest BCUT2D eigenvalue weighted by Crippen LogP contribution is 2.25. The summed E-state index contributed by atoms with van der Waals surface area (Å²) in [6, 6.07) is 0.604. The number of hydrogen-bond acceptors (Lipinski definition) is 1. The molecule has 0 amide bonds. The molecular weight excluding hydrogens is 158 g/mol. The molecule has 0 heterocycles. The van der Waals surface area contributed by atoms with Gasteiger partial charge in [-0.1, -0.05) is 32.1 Å². The summed E-state index contributed by atoms with van der Waals surface area (Å²) >= 11 is 5.51. The minimum Gasteiger partial charge on any atom is -0.304 e. The Kier molecular flexibility index (Phi) is 4.96. The first kappa shape index (κ1) is 9.34. The van der Waals surface area contributed by atoms with Crippen LogP contribution < -0.4 is 5.32 Å². The largest absolute Gasteiger partial charge is 0.304 e. The minimum atomic E-state index is 0.604. The third-order valence-corrected chi connectivity index (χ3v) is 2.74. The van der Waals surface area contributed by atoms with Crippen molar-refractivity contribution >= 4 is 11.6 Å². The fraction of sp³-hybridized carbons (Fsp3) is 1.00. The van der Waals surface area contributed by atoms with E-state index in [1.807, 2.05) is 0 Å². The van der Waals surface area contributed by atoms with Crippen LogP contribution in [0.15, 0.2) is 0 Å². The Hall–Kier alpha value is 0.250. The van der Waals surface area contributed by atoms with Crippen LogP contribution in [0.2, 0.25) is 0 Å². The molecule has 0 aromatic carbocycles. The maximum Gasteiger partial charge on any atom is 0.0713 e. The predicted molar refractivity (Wildman–Crippen MR) is 49.9 cm³/mol. The molecule has 1 N–H and O–H groups in total. The van der Waals surface area contributed by atoms with Gasteiger partial charge in [0.05, 0.1) is 6.00 Å². The van der Waals surface area contributed by atoms with Gasteiger partial charge in [-0.05, 0) is 18.9 Å². The first-order valence-corrected chi connectivity index (χ1v) is 5.23. The second-order valence-electron chi connectivity index (χ2n) is 3.43. The third-order valence-electron chi connectivity index (χ3n) is 2.55. The monoisotopic (exact) mass is 175 g/mol. The lowest BCUT2D eigenvalue weighted by Gasteiger charge is -2.21. The zero-order valence-electron chi connectivity index (χ0n) is 7.11. The van der Waals surface area contributed by atoms with E-state index in [-0.39, 0.29) is 0 Å². The van der Waals surface area contributed by atoms with Gasteiger partial charge in [-0.2, -0.15) is 0 Å². The van der Waals surface area contributed by atoms with Crippen LogP contribution in [-0.2, 0) is 0 Å². The number of alkyl halides is 1. The summed E-state index contributed by atoms with van der Waals surface area (Å²) in [7, 11) is 0. The van der Waals surface area contributed by atoms with E-state index in [2.05, 4.69) is 5.32 Å². The van der Waals surface area contributed by atoms with Crippen molar-refractivity contribution in [1.29, 1.82) is 0 Å². The minimum absolute atomic E-state index is 0.604. The van der Waals surface area contributed by atoms with Crippen molar-refractivity contribution in [3.05, 3.63) is 0 Å². The van der Waals surface area contributed by atoms with Crippen LogP contribution in [0.4, 0.5) is 0 Å². The molecule has 0 aromatic rings. The van der Waals surface area contributed by atoms with Crippen molar-refractivity contribution in [3.63, 3.8) is 0 Å². The Bertz CT molecular complexity index is 89.6. The van der Waals surface area contributed by atoms with Crippen LogP contribution in [0, 0.1) is 5.92 Å². The van der Waals surface area contributed by atoms with Crippen molar-refractivity contribution in [2.24, 2.45) is 5.92 Å². The first-order valence-electron chi connectivity index (χ1n) is 4.70. The average molecular weight is 176 g/mol. The number of halogens is 1. The van der Waals surface area contributed by atoms with E-state index in [1.54, 1.807) is 0 Å². The van der Waals surface area contributed by atoms with Crippen LogP contribution >= 0.6 is 11.6 Å². The Balaban J connectivity index is 1.96. The van der Waals surface area contributed by atoms with Crippen molar-refractivity contribution in [2.75, 3.05) is 12.5 Å². The van der Waals surface area contributed by atoms with Gasteiger partial charge in [0, 0.05) is 0 Å². The molecule has 0 unspecified atom stereocenters. The highest BCUT2D eigenvalue weighted by Gasteiger charge is 2.11. The maximum absolute atomic E-state index is 5.51. The van der Waals surface area contributed by atoms with Crippen molar-refractivity contribution in [1.82, 2.24) is 5.32 Å². The molecule has 1 aliphatic rings. The Morgan fingerprint density at radius 2 is 1.91 bits per heavy atom. The molecule has 0 aromatic heterocycles. The standard InChI is InChI=1S/C9H18ClN/c10-8-11-7-6-9-4-2-1-3-5-9/h9,11H,1-8H2. The van der Waals surface area contributed by atoms with E-state index in [4.69, 9.17) is 11.6 Å². The Morgan fingerprint density at radius 1 is 1.18 bits per heavy atom. The molecule has 1 saturated carbocycles. The van der Waals surface area contributed by atoms with Gasteiger partial charge in [-0.25, -0.2) is 0 Å². The highest BCUT2D eigenvalue weighted by molar-refractivity contribution is 6.17. The van der Waals surface area contributed by atoms with Crippen LogP contribution in [0.1, 0.15) is 38.5 Å². The molecule has 1 fully saturated rings. The van der Waals surface area contributed by atoms with E-state index >= 15 is 0 Å². The van der Waals surface area contributed by atoms with E-state index in [0.29, 0.717) is 6.00 Å². The van der Waals surface area contributed by atoms with Gasteiger partial charge in [0.15, 0.2) is 0 Å². The van der Waals surface area contributed by atoms with Crippen LogP contribution in [0.25, 0.3) is 0 Å². The normalized spacial score (nSPS) is 20.5. The predicted octanol–water partition coefficient (Wildman–Crippen LogP) is 2.74. The second-order valence-corrected chi connectivity index (χ2v) is 3.69. The zero-order valence-corrected chi connectivity index (χ0v) is 7.87. The molecule has 1 rings (SSSR count). The van der Waals surface area contributed by atoms with Crippen LogP contribution in [0.5, 0.6) is 0 Å². The third kappa shape index (κ3) is 3.97. The van der Waals surface area contributed by atoms with Gasteiger partial charge in [-0.15, -0.1) is 11.6 Å². The zero-order chi connectivity index (χ0) is 7.94. The molecule has 0 bridgehead atoms. The summed E-state index contributed by atoms with van der Waals surface area (Å²) in [5.41, 5.74) is 0. The smallest absolute Gasteiger partial charge is 0.0713 e. The topological polar surface area (TPSA) is 12.0 Å². The SMILES string of the molecule is ClCNCCC1CCCCC1. The van der Waals surface area contributed by atoms with Crippen LogP contribution in [0.3, 0.4) is 0 Å². The molecule has 0 atom stereocenters. The molecule has 0 radical (unpaired) electrons. The summed E-state index contributed by atoms with van der Waals surface area (Å²) < 4.78 is 0. The van der Waals surface area contributed by atoms with E-state index in [9.17, 15) is 0 Å². The summed E-state index contributed by atoms with van der Waals surface area (Å²) in [4.78, 5) is 0. The van der Waals surface area contributed by atoms with Crippen molar-refractivity contribution in [3.8, 4) is 0 Å². The van der Waals surface area contributed by atoms with Gasteiger partial charge in [-0.3, -0.25) is 0 Å². The van der Waals surface area contributed by atoms with E-state index in [0.717, 1.165) is 12.5 Å². The molecule has 1 aliphatic carbocycles. The molecule has 0 aliphatic heterocycles. The molecule has 1 nitrogen and oxygen atoms in total. The molecule has 0 saturated heterocycles. The lowest BCUT2D eigenvalue weighted by molar-refractivity contribution is 0.336.